The molecule has 4 rings (SSSR count). The van der Waals surface area contributed by atoms with E-state index < -0.39 is 16.1 Å². The molecule has 190 valence electrons. The first-order valence-corrected chi connectivity index (χ1v) is 19.4. The van der Waals surface area contributed by atoms with Crippen LogP contribution in [0.2, 0.25) is 39.3 Å². The minimum atomic E-state index is -1.47. The zero-order valence-electron chi connectivity index (χ0n) is 22.8. The van der Waals surface area contributed by atoms with Crippen molar-refractivity contribution in [2.45, 2.75) is 39.3 Å². The number of hydrogen-bond donors (Lipinski definition) is 0. The number of ether oxygens (including phenoxy) is 4. The third-order valence-corrected chi connectivity index (χ3v) is 10.7. The van der Waals surface area contributed by atoms with Crippen LogP contribution in [0.15, 0.2) is 60.7 Å². The molecule has 0 aliphatic rings. The predicted molar refractivity (Wildman–Crippen MR) is 158 cm³/mol. The molecule has 4 nitrogen and oxygen atoms in total. The highest BCUT2D eigenvalue weighted by Gasteiger charge is 2.23. The Hall–Kier alpha value is -2.65. The van der Waals surface area contributed by atoms with E-state index >= 15 is 0 Å². The maximum atomic E-state index is 6.14. The van der Waals surface area contributed by atoms with Crippen LogP contribution in [0.5, 0.6) is 11.5 Å². The van der Waals surface area contributed by atoms with Crippen LogP contribution < -0.4 is 19.8 Å². The van der Waals surface area contributed by atoms with Crippen molar-refractivity contribution in [1.82, 2.24) is 0 Å². The second-order valence-electron chi connectivity index (χ2n) is 11.4. The lowest BCUT2D eigenvalue weighted by atomic mass is 9.92. The Balaban J connectivity index is 2.08. The summed E-state index contributed by atoms with van der Waals surface area (Å²) in [6.07, 6.45) is 0. The van der Waals surface area contributed by atoms with E-state index in [1.54, 1.807) is 14.2 Å². The van der Waals surface area contributed by atoms with Gasteiger partial charge in [-0.05, 0) is 33.7 Å². The van der Waals surface area contributed by atoms with Gasteiger partial charge in [0.2, 0.25) is 0 Å². The second-order valence-corrected chi connectivity index (χ2v) is 21.5. The van der Waals surface area contributed by atoms with Crippen LogP contribution in [0.25, 0.3) is 32.7 Å². The van der Waals surface area contributed by atoms with E-state index in [0.717, 1.165) is 33.4 Å². The van der Waals surface area contributed by atoms with Gasteiger partial charge in [-0.3, -0.25) is 0 Å². The van der Waals surface area contributed by atoms with Gasteiger partial charge in [-0.2, -0.15) is 0 Å². The second kappa shape index (κ2) is 10.4. The monoisotopic (exact) mass is 518 g/mol. The lowest BCUT2D eigenvalue weighted by Gasteiger charge is -2.22. The molecule has 0 saturated heterocycles. The molecule has 0 amide bonds. The summed E-state index contributed by atoms with van der Waals surface area (Å²) in [5, 5.41) is 7.52. The van der Waals surface area contributed by atoms with Crippen LogP contribution in [0.3, 0.4) is 0 Å². The predicted octanol–water partition coefficient (Wildman–Crippen LogP) is 6.72. The van der Waals surface area contributed by atoms with Crippen LogP contribution >= 0.6 is 0 Å². The molecule has 0 unspecified atom stereocenters. The van der Waals surface area contributed by atoms with E-state index in [0.29, 0.717) is 0 Å². The quantitative estimate of drug-likeness (QED) is 0.182. The summed E-state index contributed by atoms with van der Waals surface area (Å²) < 4.78 is 22.8. The molecule has 36 heavy (non-hydrogen) atoms. The van der Waals surface area contributed by atoms with Gasteiger partial charge in [0, 0.05) is 25.3 Å². The fourth-order valence-corrected chi connectivity index (χ4v) is 6.90. The standard InChI is InChI=1S/C30H38O4Si2/c1-31-19-33-27-15-9-21-17-23(35(3,4)5)11-13-25(21)29(27)30-26-14-12-24(36(6,7)8)18-22(26)10-16-28(30)34-20-32-2/h9-18H,19-20H2,1-8H3. The first-order chi connectivity index (χ1) is 17.0. The Kier molecular flexibility index (Phi) is 7.62. The Morgan fingerprint density at radius 2 is 0.917 bits per heavy atom. The summed E-state index contributed by atoms with van der Waals surface area (Å²) in [6.45, 7) is 14.6. The van der Waals surface area contributed by atoms with Crippen molar-refractivity contribution in [3.8, 4) is 22.6 Å². The van der Waals surface area contributed by atoms with Crippen LogP contribution in [0.1, 0.15) is 0 Å². The molecule has 0 heterocycles. The topological polar surface area (TPSA) is 36.9 Å². The van der Waals surface area contributed by atoms with Crippen molar-refractivity contribution >= 4 is 48.1 Å². The lowest BCUT2D eigenvalue weighted by molar-refractivity contribution is 0.0502. The molecule has 0 fully saturated rings. The van der Waals surface area contributed by atoms with E-state index in [2.05, 4.69) is 99.9 Å². The summed E-state index contributed by atoms with van der Waals surface area (Å²) in [5.41, 5.74) is 2.04. The van der Waals surface area contributed by atoms with E-state index in [-0.39, 0.29) is 13.6 Å². The molecule has 0 spiro atoms. The van der Waals surface area contributed by atoms with Crippen LogP contribution in [-0.4, -0.2) is 44.0 Å². The third kappa shape index (κ3) is 5.37. The minimum Gasteiger partial charge on any atom is -0.467 e. The van der Waals surface area contributed by atoms with Crippen molar-refractivity contribution in [3.05, 3.63) is 60.7 Å². The molecule has 0 atom stereocenters. The molecule has 0 radical (unpaired) electrons. The molecule has 6 heteroatoms. The largest absolute Gasteiger partial charge is 0.467 e. The maximum Gasteiger partial charge on any atom is 0.188 e. The summed E-state index contributed by atoms with van der Waals surface area (Å²) >= 11 is 0. The lowest BCUT2D eigenvalue weighted by Crippen LogP contribution is -2.37. The number of fused-ring (bicyclic) bond motifs is 2. The normalized spacial score (nSPS) is 12.3. The SMILES string of the molecule is COCOc1ccc2cc([Si](C)(C)C)ccc2c1-c1c(OCOC)ccc2cc([Si](C)(C)C)ccc12. The van der Waals surface area contributed by atoms with Crippen LogP contribution in [-0.2, 0) is 9.47 Å². The van der Waals surface area contributed by atoms with Crippen molar-refractivity contribution in [3.63, 3.8) is 0 Å². The highest BCUT2D eigenvalue weighted by molar-refractivity contribution is 6.89. The molecule has 0 aliphatic carbocycles. The number of methoxy groups -OCH3 is 2. The molecular formula is C30H38O4Si2. The third-order valence-electron chi connectivity index (χ3n) is 6.61. The molecule has 0 N–H and O–H groups in total. The van der Waals surface area contributed by atoms with E-state index in [4.69, 9.17) is 18.9 Å². The first-order valence-electron chi connectivity index (χ1n) is 12.4. The highest BCUT2D eigenvalue weighted by Crippen LogP contribution is 2.45. The molecule has 4 aromatic carbocycles. The average molecular weight is 519 g/mol. The van der Waals surface area contributed by atoms with E-state index in [1.165, 1.54) is 21.1 Å². The zero-order chi connectivity index (χ0) is 26.1. The Morgan fingerprint density at radius 1 is 0.528 bits per heavy atom. The molecule has 4 aromatic rings. The van der Waals surface area contributed by atoms with Crippen molar-refractivity contribution in [2.24, 2.45) is 0 Å². The summed E-state index contributed by atoms with van der Waals surface area (Å²) in [5.74, 6) is 1.54. The smallest absolute Gasteiger partial charge is 0.188 e. The van der Waals surface area contributed by atoms with Crippen LogP contribution in [0, 0.1) is 0 Å². The Morgan fingerprint density at radius 3 is 1.25 bits per heavy atom. The van der Waals surface area contributed by atoms with Gasteiger partial charge in [0.05, 0.1) is 16.1 Å². The van der Waals surface area contributed by atoms with E-state index in [9.17, 15) is 0 Å². The molecule has 0 aliphatic heterocycles. The van der Waals surface area contributed by atoms with Crippen molar-refractivity contribution < 1.29 is 18.9 Å². The number of benzene rings is 4. The molecule has 0 bridgehead atoms. The van der Waals surface area contributed by atoms with Gasteiger partial charge in [-0.25, -0.2) is 0 Å². The van der Waals surface area contributed by atoms with Gasteiger partial charge >= 0.3 is 0 Å². The first kappa shape index (κ1) is 26.4. The molecule has 0 aromatic heterocycles. The Bertz CT molecular complexity index is 1280. The molecular weight excluding hydrogens is 480 g/mol. The van der Waals surface area contributed by atoms with Gasteiger partial charge in [0.1, 0.15) is 11.5 Å². The van der Waals surface area contributed by atoms with Crippen molar-refractivity contribution in [1.29, 1.82) is 0 Å². The highest BCUT2D eigenvalue weighted by atomic mass is 28.3. The van der Waals surface area contributed by atoms with Gasteiger partial charge in [0.15, 0.2) is 13.6 Å². The minimum absolute atomic E-state index is 0.171. The summed E-state index contributed by atoms with van der Waals surface area (Å²) in [4.78, 5) is 0. The number of rotatable bonds is 9. The van der Waals surface area contributed by atoms with E-state index in [1.807, 2.05) is 0 Å². The average Bonchev–Trinajstić information content (AvgIpc) is 2.83. The zero-order valence-corrected chi connectivity index (χ0v) is 24.8. The summed E-state index contributed by atoms with van der Waals surface area (Å²) in [6, 6.07) is 22.1. The Labute approximate surface area is 217 Å². The van der Waals surface area contributed by atoms with Gasteiger partial charge in [-0.15, -0.1) is 0 Å². The fraction of sp³-hybridized carbons (Fsp3) is 0.333. The maximum absolute atomic E-state index is 6.14. The van der Waals surface area contributed by atoms with Gasteiger partial charge < -0.3 is 18.9 Å². The number of hydrogen-bond acceptors (Lipinski definition) is 4. The van der Waals surface area contributed by atoms with Crippen LogP contribution in [0.4, 0.5) is 0 Å². The molecule has 0 saturated carbocycles. The van der Waals surface area contributed by atoms with Crippen molar-refractivity contribution in [2.75, 3.05) is 27.8 Å². The van der Waals surface area contributed by atoms with Gasteiger partial charge in [0.25, 0.3) is 0 Å². The summed E-state index contributed by atoms with van der Waals surface area (Å²) in [7, 11) is 0.352. The van der Waals surface area contributed by atoms with Gasteiger partial charge in [-0.1, -0.05) is 98.2 Å². The fourth-order valence-electron chi connectivity index (χ4n) is 4.55.